The summed E-state index contributed by atoms with van der Waals surface area (Å²) in [5.74, 6) is 0.277. The van der Waals surface area contributed by atoms with E-state index >= 15 is 0 Å². The molecule has 1 saturated heterocycles. The van der Waals surface area contributed by atoms with Crippen molar-refractivity contribution < 1.29 is 9.53 Å². The summed E-state index contributed by atoms with van der Waals surface area (Å²) in [5, 5.41) is 28.3. The van der Waals surface area contributed by atoms with E-state index in [1.54, 1.807) is 23.3 Å². The van der Waals surface area contributed by atoms with Gasteiger partial charge in [0.05, 0.1) is 47.8 Å². The Bertz CT molecular complexity index is 1610. The number of hydrogen-bond donors (Lipinski definition) is 4. The summed E-state index contributed by atoms with van der Waals surface area (Å²) in [5.41, 5.74) is 4.53. The van der Waals surface area contributed by atoms with Crippen molar-refractivity contribution in [2.24, 2.45) is 4.99 Å². The van der Waals surface area contributed by atoms with Crippen molar-refractivity contribution >= 4 is 34.7 Å². The molecule has 1 unspecified atom stereocenters. The number of benzene rings is 2. The Hall–Kier alpha value is -5.16. The van der Waals surface area contributed by atoms with E-state index in [0.717, 1.165) is 16.8 Å². The van der Waals surface area contributed by atoms with E-state index in [4.69, 9.17) is 25.6 Å². The van der Waals surface area contributed by atoms with Crippen LogP contribution in [0.4, 0.5) is 11.5 Å². The Labute approximate surface area is 236 Å². The van der Waals surface area contributed by atoms with E-state index in [1.807, 2.05) is 66.7 Å². The Morgan fingerprint density at radius 1 is 1.02 bits per heavy atom. The van der Waals surface area contributed by atoms with Gasteiger partial charge in [-0.1, -0.05) is 48.5 Å². The SMILES string of the molecule is N=C(CC(=N)c1cn(-c2cccnc2)nc1N1CCOCC1)NC1N=C(c2ccccc2)c2ccccc2NC1=O. The highest BCUT2D eigenvalue weighted by atomic mass is 16.5. The largest absolute Gasteiger partial charge is 0.378 e. The summed E-state index contributed by atoms with van der Waals surface area (Å²) in [4.78, 5) is 24.2. The van der Waals surface area contributed by atoms with Crippen LogP contribution in [0.25, 0.3) is 5.69 Å². The number of rotatable bonds is 7. The molecular weight excluding hydrogens is 518 g/mol. The van der Waals surface area contributed by atoms with Gasteiger partial charge in [-0.15, -0.1) is 5.10 Å². The minimum absolute atomic E-state index is 0.000627. The van der Waals surface area contributed by atoms with Gasteiger partial charge in [0.25, 0.3) is 5.91 Å². The highest BCUT2D eigenvalue weighted by Gasteiger charge is 2.27. The number of pyridine rings is 1. The van der Waals surface area contributed by atoms with E-state index in [-0.39, 0.29) is 23.9 Å². The minimum atomic E-state index is -1.05. The van der Waals surface area contributed by atoms with Gasteiger partial charge >= 0.3 is 0 Å². The first-order valence-corrected chi connectivity index (χ1v) is 13.3. The molecule has 0 radical (unpaired) electrons. The number of nitrogens with one attached hydrogen (secondary N) is 4. The molecule has 206 valence electrons. The van der Waals surface area contributed by atoms with Crippen molar-refractivity contribution in [2.45, 2.75) is 12.6 Å². The molecule has 1 amide bonds. The fraction of sp³-hybridized carbons (Fsp3) is 0.200. The molecule has 2 aliphatic heterocycles. The van der Waals surface area contributed by atoms with Crippen LogP contribution in [0.1, 0.15) is 23.1 Å². The smallest absolute Gasteiger partial charge is 0.269 e. The topological polar surface area (TPSA) is 144 Å². The summed E-state index contributed by atoms with van der Waals surface area (Å²) < 4.78 is 7.21. The molecule has 1 atom stereocenters. The van der Waals surface area contributed by atoms with E-state index in [1.165, 1.54) is 0 Å². The highest BCUT2D eigenvalue weighted by Crippen LogP contribution is 2.25. The lowest BCUT2D eigenvalue weighted by molar-refractivity contribution is -0.117. The highest BCUT2D eigenvalue weighted by molar-refractivity contribution is 6.20. The van der Waals surface area contributed by atoms with E-state index < -0.39 is 6.17 Å². The standard InChI is InChI=1S/C30H29N9O2/c31-24(23-19-39(21-9-6-12-33-18-21)37-29(23)38-13-15-41-16-14-38)17-26(32)35-28-30(40)34-25-11-5-4-10-22(25)27(36-28)20-7-2-1-3-8-20/h1-12,18-19,28,31H,13-17H2,(H2,32,35)(H,34,40). The quantitative estimate of drug-likeness (QED) is 0.207. The van der Waals surface area contributed by atoms with E-state index in [9.17, 15) is 4.79 Å². The molecule has 4 N–H and O–H groups in total. The van der Waals surface area contributed by atoms with Crippen LogP contribution in [-0.2, 0) is 9.53 Å². The monoisotopic (exact) mass is 547 g/mol. The number of amides is 1. The van der Waals surface area contributed by atoms with Gasteiger partial charge in [0.2, 0.25) is 0 Å². The maximum atomic E-state index is 13.2. The fourth-order valence-corrected chi connectivity index (χ4v) is 4.88. The van der Waals surface area contributed by atoms with Gasteiger partial charge in [0.1, 0.15) is 5.84 Å². The second-order valence-electron chi connectivity index (χ2n) is 9.68. The molecule has 6 rings (SSSR count). The molecule has 11 heteroatoms. The average molecular weight is 548 g/mol. The van der Waals surface area contributed by atoms with Crippen LogP contribution in [0.2, 0.25) is 0 Å². The molecule has 2 aromatic heterocycles. The number of fused-ring (bicyclic) bond motifs is 1. The van der Waals surface area contributed by atoms with Crippen LogP contribution < -0.4 is 15.5 Å². The molecule has 0 saturated carbocycles. The maximum absolute atomic E-state index is 13.2. The number of ether oxygens (including phenoxy) is 1. The molecule has 0 spiro atoms. The molecule has 4 heterocycles. The van der Waals surface area contributed by atoms with E-state index in [2.05, 4.69) is 20.5 Å². The number of aliphatic imine (C=N–C) groups is 1. The molecule has 2 aromatic carbocycles. The molecule has 1 fully saturated rings. The predicted molar refractivity (Wildman–Crippen MR) is 158 cm³/mol. The zero-order chi connectivity index (χ0) is 28.2. The van der Waals surface area contributed by atoms with Gasteiger partial charge in [-0.3, -0.25) is 15.2 Å². The second kappa shape index (κ2) is 11.5. The summed E-state index contributed by atoms with van der Waals surface area (Å²) in [6.07, 6.45) is 4.11. The van der Waals surface area contributed by atoms with Gasteiger partial charge in [-0.25, -0.2) is 9.67 Å². The molecular formula is C30H29N9O2. The third-order valence-electron chi connectivity index (χ3n) is 6.90. The summed E-state index contributed by atoms with van der Waals surface area (Å²) in [7, 11) is 0. The second-order valence-corrected chi connectivity index (χ2v) is 9.68. The Balaban J connectivity index is 1.25. The number of morpholine rings is 1. The third-order valence-corrected chi connectivity index (χ3v) is 6.90. The fourth-order valence-electron chi connectivity index (χ4n) is 4.88. The van der Waals surface area contributed by atoms with Crippen molar-refractivity contribution in [3.05, 3.63) is 102 Å². The van der Waals surface area contributed by atoms with Crippen molar-refractivity contribution in [1.82, 2.24) is 20.1 Å². The third kappa shape index (κ3) is 5.61. The molecule has 0 bridgehead atoms. The Morgan fingerprint density at radius 3 is 2.59 bits per heavy atom. The number of benzodiazepines with no additional fused rings is 1. The Kier molecular flexibility index (Phi) is 7.33. The van der Waals surface area contributed by atoms with Gasteiger partial charge < -0.3 is 25.7 Å². The number of amidine groups is 1. The molecule has 2 aliphatic rings. The zero-order valence-corrected chi connectivity index (χ0v) is 22.2. The average Bonchev–Trinajstić information content (AvgIpc) is 3.41. The first-order chi connectivity index (χ1) is 20.1. The number of para-hydroxylation sites is 1. The van der Waals surface area contributed by atoms with Gasteiger partial charge in [0, 0.05) is 43.0 Å². The maximum Gasteiger partial charge on any atom is 0.269 e. The number of carbonyl (C=O) groups is 1. The number of hydrogen-bond acceptors (Lipinski definition) is 8. The lowest BCUT2D eigenvalue weighted by Gasteiger charge is -2.27. The number of carbonyl (C=O) groups excluding carboxylic acids is 1. The van der Waals surface area contributed by atoms with Crippen molar-refractivity contribution in [2.75, 3.05) is 36.5 Å². The molecule has 4 aromatic rings. The van der Waals surface area contributed by atoms with Crippen LogP contribution in [-0.4, -0.2) is 70.4 Å². The zero-order valence-electron chi connectivity index (χ0n) is 22.2. The van der Waals surface area contributed by atoms with Gasteiger partial charge in [-0.2, -0.15) is 0 Å². The predicted octanol–water partition coefficient (Wildman–Crippen LogP) is 3.24. The van der Waals surface area contributed by atoms with Crippen molar-refractivity contribution in [1.29, 1.82) is 10.8 Å². The Morgan fingerprint density at radius 2 is 1.80 bits per heavy atom. The lowest BCUT2D eigenvalue weighted by Crippen LogP contribution is -2.42. The molecule has 41 heavy (non-hydrogen) atoms. The van der Waals surface area contributed by atoms with Crippen LogP contribution in [0.15, 0.2) is 90.3 Å². The first-order valence-electron chi connectivity index (χ1n) is 13.3. The number of aromatic nitrogens is 3. The normalized spacial score (nSPS) is 16.7. The van der Waals surface area contributed by atoms with Gasteiger partial charge in [-0.05, 0) is 18.2 Å². The molecule has 11 nitrogen and oxygen atoms in total. The number of anilines is 2. The number of nitrogens with zero attached hydrogens (tertiary/aromatic N) is 5. The van der Waals surface area contributed by atoms with E-state index in [0.29, 0.717) is 49.1 Å². The van der Waals surface area contributed by atoms with Crippen LogP contribution >= 0.6 is 0 Å². The summed E-state index contributed by atoms with van der Waals surface area (Å²) in [6, 6.07) is 20.9. The minimum Gasteiger partial charge on any atom is -0.378 e. The van der Waals surface area contributed by atoms with Crippen LogP contribution in [0.5, 0.6) is 0 Å². The van der Waals surface area contributed by atoms with Crippen LogP contribution in [0, 0.1) is 10.8 Å². The summed E-state index contributed by atoms with van der Waals surface area (Å²) >= 11 is 0. The molecule has 0 aliphatic carbocycles. The summed E-state index contributed by atoms with van der Waals surface area (Å²) in [6.45, 7) is 2.45. The first kappa shape index (κ1) is 26.1. The van der Waals surface area contributed by atoms with Gasteiger partial charge in [0.15, 0.2) is 12.0 Å². The van der Waals surface area contributed by atoms with Crippen molar-refractivity contribution in [3.8, 4) is 5.69 Å². The van der Waals surface area contributed by atoms with Crippen molar-refractivity contribution in [3.63, 3.8) is 0 Å². The van der Waals surface area contributed by atoms with Crippen LogP contribution in [0.3, 0.4) is 0 Å². The lowest BCUT2D eigenvalue weighted by atomic mass is 10.0.